The molecule has 0 aliphatic carbocycles. The lowest BCUT2D eigenvalue weighted by molar-refractivity contribution is -0.119. The fourth-order valence-corrected chi connectivity index (χ4v) is 2.85. The van der Waals surface area contributed by atoms with Crippen LogP contribution in [0.15, 0.2) is 72.8 Å². The Morgan fingerprint density at radius 1 is 0.897 bits per heavy atom. The number of esters is 1. The summed E-state index contributed by atoms with van der Waals surface area (Å²) in [5, 5.41) is 2.76. The molecule has 3 rings (SSSR count). The van der Waals surface area contributed by atoms with Crippen molar-refractivity contribution in [1.29, 1.82) is 0 Å². The lowest BCUT2D eigenvalue weighted by Crippen LogP contribution is -2.21. The van der Waals surface area contributed by atoms with E-state index in [9.17, 15) is 9.59 Å². The van der Waals surface area contributed by atoms with Crippen LogP contribution in [0.1, 0.15) is 27.0 Å². The van der Waals surface area contributed by atoms with Crippen LogP contribution in [-0.4, -0.2) is 18.5 Å². The molecule has 1 N–H and O–H groups in total. The third kappa shape index (κ3) is 5.69. The summed E-state index contributed by atoms with van der Waals surface area (Å²) < 4.78 is 11.0. The zero-order valence-corrected chi connectivity index (χ0v) is 16.5. The zero-order valence-electron chi connectivity index (χ0n) is 16.5. The van der Waals surface area contributed by atoms with E-state index in [0.717, 1.165) is 16.7 Å². The Hall–Kier alpha value is -3.60. The number of carbonyl (C=O) groups excluding carboxylic acids is 2. The van der Waals surface area contributed by atoms with Gasteiger partial charge in [-0.15, -0.1) is 0 Å². The minimum atomic E-state index is -0.607. The van der Waals surface area contributed by atoms with E-state index < -0.39 is 11.9 Å². The molecule has 0 aliphatic heterocycles. The number of amides is 1. The summed E-state index contributed by atoms with van der Waals surface area (Å²) in [4.78, 5) is 24.6. The van der Waals surface area contributed by atoms with Gasteiger partial charge in [0.1, 0.15) is 17.9 Å². The van der Waals surface area contributed by atoms with Gasteiger partial charge in [-0.3, -0.25) is 4.79 Å². The van der Waals surface area contributed by atoms with E-state index in [2.05, 4.69) is 5.32 Å². The third-order valence-corrected chi connectivity index (χ3v) is 4.33. The predicted molar refractivity (Wildman–Crippen MR) is 112 cm³/mol. The van der Waals surface area contributed by atoms with E-state index in [-0.39, 0.29) is 12.2 Å². The predicted octanol–water partition coefficient (Wildman–Crippen LogP) is 4.68. The molecule has 1 amide bonds. The molecule has 0 fully saturated rings. The summed E-state index contributed by atoms with van der Waals surface area (Å²) in [6.45, 7) is 3.85. The van der Waals surface area contributed by atoms with Crippen LogP contribution in [-0.2, 0) is 16.1 Å². The quantitative estimate of drug-likeness (QED) is 0.596. The van der Waals surface area contributed by atoms with Crippen molar-refractivity contribution >= 4 is 17.6 Å². The number of benzene rings is 3. The van der Waals surface area contributed by atoms with Crippen LogP contribution >= 0.6 is 0 Å². The Bertz CT molecular complexity index is 999. The third-order valence-electron chi connectivity index (χ3n) is 4.33. The van der Waals surface area contributed by atoms with Gasteiger partial charge >= 0.3 is 5.97 Å². The van der Waals surface area contributed by atoms with Gasteiger partial charge in [0.05, 0.1) is 0 Å². The molecule has 5 heteroatoms. The summed E-state index contributed by atoms with van der Waals surface area (Å²) in [6.07, 6.45) is 0. The standard InChI is InChI=1S/C24H23NO4/c1-17-12-13-21(18(2)14-17)25-23(26)16-29-24(27)20-10-6-7-11-22(20)28-15-19-8-4-3-5-9-19/h3-14H,15-16H2,1-2H3,(H,25,26). The Labute approximate surface area is 170 Å². The van der Waals surface area contributed by atoms with Gasteiger partial charge in [-0.2, -0.15) is 0 Å². The van der Waals surface area contributed by atoms with Crippen molar-refractivity contribution in [2.24, 2.45) is 0 Å². The summed E-state index contributed by atoms with van der Waals surface area (Å²) in [6, 6.07) is 22.2. The zero-order chi connectivity index (χ0) is 20.6. The number of para-hydroxylation sites is 1. The van der Waals surface area contributed by atoms with E-state index >= 15 is 0 Å². The maximum Gasteiger partial charge on any atom is 0.342 e. The summed E-state index contributed by atoms with van der Waals surface area (Å²) >= 11 is 0. The highest BCUT2D eigenvalue weighted by atomic mass is 16.5. The molecule has 0 bridgehead atoms. The number of ether oxygens (including phenoxy) is 2. The number of hydrogen-bond acceptors (Lipinski definition) is 4. The Kier molecular flexibility index (Phi) is 6.63. The molecule has 0 radical (unpaired) electrons. The van der Waals surface area contributed by atoms with E-state index in [1.54, 1.807) is 24.3 Å². The molecule has 0 saturated carbocycles. The van der Waals surface area contributed by atoms with Crippen LogP contribution in [0.3, 0.4) is 0 Å². The molecule has 3 aromatic carbocycles. The maximum absolute atomic E-state index is 12.5. The minimum absolute atomic E-state index is 0.280. The first-order valence-corrected chi connectivity index (χ1v) is 9.33. The topological polar surface area (TPSA) is 64.6 Å². The first-order chi connectivity index (χ1) is 14.0. The van der Waals surface area contributed by atoms with Crippen LogP contribution in [0.25, 0.3) is 0 Å². The Balaban J connectivity index is 1.58. The van der Waals surface area contributed by atoms with Crippen LogP contribution in [0.2, 0.25) is 0 Å². The van der Waals surface area contributed by atoms with Crippen LogP contribution in [0, 0.1) is 13.8 Å². The molecule has 0 atom stereocenters. The average Bonchev–Trinajstić information content (AvgIpc) is 2.73. The second-order valence-electron chi connectivity index (χ2n) is 6.71. The molecule has 0 heterocycles. The van der Waals surface area contributed by atoms with Gasteiger partial charge < -0.3 is 14.8 Å². The summed E-state index contributed by atoms with van der Waals surface area (Å²) in [5.74, 6) is -0.589. The number of carbonyl (C=O) groups is 2. The average molecular weight is 389 g/mol. The number of nitrogens with one attached hydrogen (secondary N) is 1. The highest BCUT2D eigenvalue weighted by molar-refractivity contribution is 5.97. The van der Waals surface area contributed by atoms with Crippen LogP contribution in [0.4, 0.5) is 5.69 Å². The largest absolute Gasteiger partial charge is 0.488 e. The lowest BCUT2D eigenvalue weighted by atomic mass is 10.1. The normalized spacial score (nSPS) is 10.3. The fourth-order valence-electron chi connectivity index (χ4n) is 2.85. The second kappa shape index (κ2) is 9.55. The SMILES string of the molecule is Cc1ccc(NC(=O)COC(=O)c2ccccc2OCc2ccccc2)c(C)c1. The van der Waals surface area contributed by atoms with Gasteiger partial charge in [0.15, 0.2) is 6.61 Å². The molecule has 29 heavy (non-hydrogen) atoms. The van der Waals surface area contributed by atoms with Crippen molar-refractivity contribution in [1.82, 2.24) is 0 Å². The van der Waals surface area contributed by atoms with Crippen molar-refractivity contribution in [3.63, 3.8) is 0 Å². The smallest absolute Gasteiger partial charge is 0.342 e. The van der Waals surface area contributed by atoms with Gasteiger partial charge in [-0.1, -0.05) is 60.2 Å². The fraction of sp³-hybridized carbons (Fsp3) is 0.167. The van der Waals surface area contributed by atoms with Crippen LogP contribution < -0.4 is 10.1 Å². The molecular weight excluding hydrogens is 366 g/mol. The van der Waals surface area contributed by atoms with Gasteiger partial charge in [-0.25, -0.2) is 4.79 Å². The van der Waals surface area contributed by atoms with Gasteiger partial charge in [-0.05, 0) is 43.2 Å². The van der Waals surface area contributed by atoms with Gasteiger partial charge in [0.2, 0.25) is 0 Å². The number of anilines is 1. The van der Waals surface area contributed by atoms with E-state index in [1.807, 2.05) is 62.4 Å². The first-order valence-electron chi connectivity index (χ1n) is 9.33. The highest BCUT2D eigenvalue weighted by Gasteiger charge is 2.16. The molecule has 0 aliphatic rings. The molecule has 3 aromatic rings. The lowest BCUT2D eigenvalue weighted by Gasteiger charge is -2.12. The highest BCUT2D eigenvalue weighted by Crippen LogP contribution is 2.21. The van der Waals surface area contributed by atoms with Crippen molar-refractivity contribution in [2.75, 3.05) is 11.9 Å². The minimum Gasteiger partial charge on any atom is -0.488 e. The molecular formula is C24H23NO4. The van der Waals surface area contributed by atoms with Gasteiger partial charge in [0, 0.05) is 5.69 Å². The number of hydrogen-bond donors (Lipinski definition) is 1. The van der Waals surface area contributed by atoms with Crippen molar-refractivity contribution < 1.29 is 19.1 Å². The molecule has 0 spiro atoms. The molecule has 0 aromatic heterocycles. The second-order valence-corrected chi connectivity index (χ2v) is 6.71. The molecule has 5 nitrogen and oxygen atoms in total. The monoisotopic (exact) mass is 389 g/mol. The van der Waals surface area contributed by atoms with Crippen LogP contribution in [0.5, 0.6) is 5.75 Å². The number of rotatable bonds is 7. The van der Waals surface area contributed by atoms with Crippen molar-refractivity contribution in [3.8, 4) is 5.75 Å². The molecule has 148 valence electrons. The van der Waals surface area contributed by atoms with E-state index in [4.69, 9.17) is 9.47 Å². The van der Waals surface area contributed by atoms with E-state index in [0.29, 0.717) is 18.0 Å². The van der Waals surface area contributed by atoms with E-state index in [1.165, 1.54) is 0 Å². The maximum atomic E-state index is 12.5. The summed E-state index contributed by atoms with van der Waals surface area (Å²) in [5.41, 5.74) is 4.03. The molecule has 0 saturated heterocycles. The first kappa shape index (κ1) is 20.1. The summed E-state index contributed by atoms with van der Waals surface area (Å²) in [7, 11) is 0. The van der Waals surface area contributed by atoms with Crippen molar-refractivity contribution in [3.05, 3.63) is 95.1 Å². The van der Waals surface area contributed by atoms with Gasteiger partial charge in [0.25, 0.3) is 5.91 Å². The Morgan fingerprint density at radius 2 is 1.62 bits per heavy atom. The Morgan fingerprint density at radius 3 is 2.38 bits per heavy atom. The van der Waals surface area contributed by atoms with Crippen molar-refractivity contribution in [2.45, 2.75) is 20.5 Å². The number of aryl methyl sites for hydroxylation is 2. The molecule has 0 unspecified atom stereocenters.